The van der Waals surface area contributed by atoms with E-state index < -0.39 is 17.9 Å². The average molecular weight is 525 g/mol. The van der Waals surface area contributed by atoms with Crippen molar-refractivity contribution in [3.05, 3.63) is 47.7 Å². The van der Waals surface area contributed by atoms with E-state index in [0.717, 1.165) is 17.7 Å². The standard InChI is InChI=1S/C28H40N6O4/c1-7-20-13-22(15-30-25(20)29)31-26(35)28(37)34-16-19(4)33(27(36)18(2)3)17-24(34)21-9-8-10-23(14-21)38-12-11-32(5)6/h8-10,13-15,18-19,24H,7,11-12,16-17H2,1-6H3,(H2,29,30)(H,31,35)/t19-,24-/m1/s1. The number of nitrogen functional groups attached to an aromatic ring is 1. The number of hydrogen-bond acceptors (Lipinski definition) is 7. The molecule has 3 amide bonds. The van der Waals surface area contributed by atoms with Gasteiger partial charge >= 0.3 is 11.8 Å². The lowest BCUT2D eigenvalue weighted by molar-refractivity contribution is -0.152. The summed E-state index contributed by atoms with van der Waals surface area (Å²) >= 11 is 0. The lowest BCUT2D eigenvalue weighted by Crippen LogP contribution is -2.59. The molecule has 1 saturated heterocycles. The van der Waals surface area contributed by atoms with Crippen molar-refractivity contribution in [3.63, 3.8) is 0 Å². The molecule has 1 aliphatic heterocycles. The molecule has 0 bridgehead atoms. The zero-order valence-corrected chi connectivity index (χ0v) is 23.2. The molecule has 0 spiro atoms. The van der Waals surface area contributed by atoms with Crippen molar-refractivity contribution in [2.45, 2.75) is 46.2 Å². The van der Waals surface area contributed by atoms with Crippen LogP contribution in [-0.4, -0.2) is 83.8 Å². The molecule has 10 heteroatoms. The molecule has 206 valence electrons. The highest BCUT2D eigenvalue weighted by Crippen LogP contribution is 2.31. The first-order chi connectivity index (χ1) is 18.0. The first-order valence-corrected chi connectivity index (χ1v) is 13.1. The highest BCUT2D eigenvalue weighted by atomic mass is 16.5. The first-order valence-electron chi connectivity index (χ1n) is 13.1. The maximum absolute atomic E-state index is 13.5. The molecule has 3 N–H and O–H groups in total. The topological polar surface area (TPSA) is 121 Å². The second-order valence-corrected chi connectivity index (χ2v) is 10.3. The predicted molar refractivity (Wildman–Crippen MR) is 148 cm³/mol. The molecular weight excluding hydrogens is 484 g/mol. The number of amides is 3. The van der Waals surface area contributed by atoms with Gasteiger partial charge in [0.2, 0.25) is 5.91 Å². The zero-order chi connectivity index (χ0) is 28.0. The van der Waals surface area contributed by atoms with Crippen LogP contribution in [0.2, 0.25) is 0 Å². The Morgan fingerprint density at radius 1 is 1.18 bits per heavy atom. The van der Waals surface area contributed by atoms with Crippen LogP contribution in [0, 0.1) is 5.92 Å². The van der Waals surface area contributed by atoms with Crippen LogP contribution in [0.1, 0.15) is 44.9 Å². The Kier molecular flexibility index (Phi) is 9.68. The van der Waals surface area contributed by atoms with Gasteiger partial charge in [0.05, 0.1) is 17.9 Å². The van der Waals surface area contributed by atoms with Crippen molar-refractivity contribution < 1.29 is 19.1 Å². The molecule has 0 aliphatic carbocycles. The van der Waals surface area contributed by atoms with E-state index in [0.29, 0.717) is 30.3 Å². The Labute approximate surface area is 225 Å². The third-order valence-corrected chi connectivity index (χ3v) is 6.66. The van der Waals surface area contributed by atoms with Crippen LogP contribution in [0.4, 0.5) is 11.5 Å². The Bertz CT molecular complexity index is 1150. The summed E-state index contributed by atoms with van der Waals surface area (Å²) in [5.74, 6) is -0.552. The van der Waals surface area contributed by atoms with E-state index in [2.05, 4.69) is 10.3 Å². The van der Waals surface area contributed by atoms with E-state index in [1.807, 2.05) is 71.0 Å². The second-order valence-electron chi connectivity index (χ2n) is 10.3. The third-order valence-electron chi connectivity index (χ3n) is 6.66. The van der Waals surface area contributed by atoms with Gasteiger partial charge in [-0.1, -0.05) is 32.9 Å². The van der Waals surface area contributed by atoms with Crippen LogP contribution in [0.25, 0.3) is 0 Å². The number of nitrogens with one attached hydrogen (secondary N) is 1. The number of nitrogens with two attached hydrogens (primary N) is 1. The number of anilines is 2. The van der Waals surface area contributed by atoms with Gasteiger partial charge in [0.15, 0.2) is 0 Å². The van der Waals surface area contributed by atoms with Crippen molar-refractivity contribution in [1.82, 2.24) is 19.7 Å². The minimum atomic E-state index is -0.766. The predicted octanol–water partition coefficient (Wildman–Crippen LogP) is 2.56. The first kappa shape index (κ1) is 28.9. The summed E-state index contributed by atoms with van der Waals surface area (Å²) in [5, 5.41) is 2.67. The molecule has 1 aliphatic rings. The number of hydrogen-bond donors (Lipinski definition) is 2. The number of likely N-dealkylation sites (N-methyl/N-ethyl adjacent to an activating group) is 1. The number of aromatic nitrogens is 1. The fourth-order valence-corrected chi connectivity index (χ4v) is 4.47. The highest BCUT2D eigenvalue weighted by molar-refractivity contribution is 6.39. The summed E-state index contributed by atoms with van der Waals surface area (Å²) in [6.07, 6.45) is 2.09. The molecule has 2 aromatic rings. The van der Waals surface area contributed by atoms with Gasteiger partial charge in [-0.15, -0.1) is 0 Å². The lowest BCUT2D eigenvalue weighted by atomic mass is 9.97. The molecule has 1 aromatic carbocycles. The number of rotatable bonds is 8. The zero-order valence-electron chi connectivity index (χ0n) is 23.2. The van der Waals surface area contributed by atoms with Gasteiger partial charge < -0.3 is 30.5 Å². The number of benzene rings is 1. The maximum Gasteiger partial charge on any atom is 0.313 e. The number of aryl methyl sites for hydroxylation is 1. The van der Waals surface area contributed by atoms with E-state index in [9.17, 15) is 14.4 Å². The molecule has 10 nitrogen and oxygen atoms in total. The molecule has 1 aromatic heterocycles. The Morgan fingerprint density at radius 2 is 1.92 bits per heavy atom. The van der Waals surface area contributed by atoms with Crippen LogP contribution in [0.15, 0.2) is 36.5 Å². The third kappa shape index (κ3) is 7.00. The summed E-state index contributed by atoms with van der Waals surface area (Å²) in [4.78, 5) is 49.1. The van der Waals surface area contributed by atoms with Gasteiger partial charge in [-0.05, 0) is 56.8 Å². The fourth-order valence-electron chi connectivity index (χ4n) is 4.47. The average Bonchev–Trinajstić information content (AvgIpc) is 2.88. The second kappa shape index (κ2) is 12.7. The van der Waals surface area contributed by atoms with E-state index in [4.69, 9.17) is 10.5 Å². The van der Waals surface area contributed by atoms with Crippen LogP contribution in [0.5, 0.6) is 5.75 Å². The summed E-state index contributed by atoms with van der Waals surface area (Å²) in [6.45, 7) is 9.32. The van der Waals surface area contributed by atoms with E-state index in [1.54, 1.807) is 15.9 Å². The number of pyridine rings is 1. The minimum absolute atomic E-state index is 0.0116. The van der Waals surface area contributed by atoms with Crippen LogP contribution < -0.4 is 15.8 Å². The quantitative estimate of drug-likeness (QED) is 0.509. The summed E-state index contributed by atoms with van der Waals surface area (Å²) in [5.41, 5.74) is 7.87. The Balaban J connectivity index is 1.88. The molecule has 0 unspecified atom stereocenters. The van der Waals surface area contributed by atoms with Gasteiger partial charge in [-0.25, -0.2) is 4.98 Å². The van der Waals surface area contributed by atoms with Crippen LogP contribution >= 0.6 is 0 Å². The molecule has 2 heterocycles. The molecule has 1 fully saturated rings. The normalized spacial score (nSPS) is 17.6. The van der Waals surface area contributed by atoms with Crippen LogP contribution in [-0.2, 0) is 20.8 Å². The van der Waals surface area contributed by atoms with Crippen LogP contribution in [0.3, 0.4) is 0 Å². The molecule has 38 heavy (non-hydrogen) atoms. The lowest BCUT2D eigenvalue weighted by Gasteiger charge is -2.45. The summed E-state index contributed by atoms with van der Waals surface area (Å²) in [7, 11) is 3.95. The summed E-state index contributed by atoms with van der Waals surface area (Å²) in [6, 6.07) is 8.46. The van der Waals surface area contributed by atoms with E-state index >= 15 is 0 Å². The van der Waals surface area contributed by atoms with Crippen molar-refractivity contribution in [2.24, 2.45) is 5.92 Å². The van der Waals surface area contributed by atoms with Gasteiger partial charge in [0.25, 0.3) is 0 Å². The Hall–Kier alpha value is -3.66. The van der Waals surface area contributed by atoms with E-state index in [-0.39, 0.29) is 31.0 Å². The largest absolute Gasteiger partial charge is 0.492 e. The Morgan fingerprint density at radius 3 is 2.58 bits per heavy atom. The van der Waals surface area contributed by atoms with Gasteiger partial charge in [-0.2, -0.15) is 0 Å². The van der Waals surface area contributed by atoms with Crippen molar-refractivity contribution in [1.29, 1.82) is 0 Å². The van der Waals surface area contributed by atoms with Crippen molar-refractivity contribution in [2.75, 3.05) is 51.4 Å². The monoisotopic (exact) mass is 524 g/mol. The van der Waals surface area contributed by atoms with Crippen molar-refractivity contribution >= 4 is 29.2 Å². The number of carbonyl (C=O) groups is 3. The maximum atomic E-state index is 13.5. The molecule has 3 rings (SSSR count). The molecule has 0 saturated carbocycles. The SMILES string of the molecule is CCc1cc(NC(=O)C(=O)N2C[C@@H](C)N(C(=O)C(C)C)C[C@@H]2c2cccc(OCCN(C)C)c2)cnc1N. The number of piperazine rings is 1. The molecule has 0 radical (unpaired) electrons. The van der Waals surface area contributed by atoms with Gasteiger partial charge in [-0.3, -0.25) is 14.4 Å². The highest BCUT2D eigenvalue weighted by Gasteiger charge is 2.40. The number of ether oxygens (including phenoxy) is 1. The smallest absolute Gasteiger partial charge is 0.313 e. The van der Waals surface area contributed by atoms with Gasteiger partial charge in [0, 0.05) is 31.6 Å². The molecule has 2 atom stereocenters. The number of carbonyl (C=O) groups excluding carboxylic acids is 3. The summed E-state index contributed by atoms with van der Waals surface area (Å²) < 4.78 is 5.91. The fraction of sp³-hybridized carbons (Fsp3) is 0.500. The number of nitrogens with zero attached hydrogens (tertiary/aromatic N) is 4. The molecular formula is C28H40N6O4. The van der Waals surface area contributed by atoms with E-state index in [1.165, 1.54) is 6.20 Å². The minimum Gasteiger partial charge on any atom is -0.492 e. The van der Waals surface area contributed by atoms with Gasteiger partial charge in [0.1, 0.15) is 18.2 Å². The van der Waals surface area contributed by atoms with Crippen molar-refractivity contribution in [3.8, 4) is 5.75 Å².